The summed E-state index contributed by atoms with van der Waals surface area (Å²) in [7, 11) is 0. The number of nitrogens with one attached hydrogen (secondary N) is 2. The number of pyridine rings is 1. The zero-order valence-electron chi connectivity index (χ0n) is 11.1. The van der Waals surface area contributed by atoms with Crippen LogP contribution in [-0.4, -0.2) is 15.0 Å². The summed E-state index contributed by atoms with van der Waals surface area (Å²) < 4.78 is 0.837. The van der Waals surface area contributed by atoms with Crippen molar-refractivity contribution in [2.24, 2.45) is 0 Å². The Balaban J connectivity index is 1.77. The molecule has 1 aliphatic carbocycles. The normalized spacial score (nSPS) is 14.3. The quantitative estimate of drug-likeness (QED) is 0.901. The van der Waals surface area contributed by atoms with Crippen molar-refractivity contribution in [3.8, 4) is 0 Å². The lowest BCUT2D eigenvalue weighted by Crippen LogP contribution is -2.11. The maximum absolute atomic E-state index is 11.4. The number of hydrogen-bond acceptors (Lipinski definition) is 4. The van der Waals surface area contributed by atoms with Crippen LogP contribution in [0.15, 0.2) is 27.6 Å². The molecule has 2 aromatic rings. The van der Waals surface area contributed by atoms with Gasteiger partial charge in [-0.15, -0.1) is 0 Å². The van der Waals surface area contributed by atoms with Crippen molar-refractivity contribution in [3.05, 3.63) is 50.2 Å². The molecule has 2 aromatic heterocycles. The Morgan fingerprint density at radius 2 is 2.25 bits per heavy atom. The summed E-state index contributed by atoms with van der Waals surface area (Å²) in [6.45, 7) is 2.43. The Labute approximate surface area is 125 Å². The second kappa shape index (κ2) is 5.36. The Morgan fingerprint density at radius 3 is 2.95 bits per heavy atom. The van der Waals surface area contributed by atoms with Gasteiger partial charge in [-0.1, -0.05) is 0 Å². The zero-order valence-corrected chi connectivity index (χ0v) is 12.7. The molecule has 3 rings (SSSR count). The Morgan fingerprint density at radius 1 is 1.45 bits per heavy atom. The highest BCUT2D eigenvalue weighted by Crippen LogP contribution is 2.38. The third-order valence-electron chi connectivity index (χ3n) is 3.20. The van der Waals surface area contributed by atoms with Gasteiger partial charge in [0.25, 0.3) is 0 Å². The van der Waals surface area contributed by atoms with Crippen LogP contribution in [0.1, 0.15) is 35.8 Å². The van der Waals surface area contributed by atoms with E-state index in [9.17, 15) is 4.79 Å². The first-order valence-electron chi connectivity index (χ1n) is 6.58. The van der Waals surface area contributed by atoms with E-state index in [-0.39, 0.29) is 5.56 Å². The van der Waals surface area contributed by atoms with Gasteiger partial charge in [-0.05, 0) is 47.3 Å². The number of anilines is 1. The highest BCUT2D eigenvalue weighted by Gasteiger charge is 2.27. The molecular weight excluding hydrogens is 320 g/mol. The first kappa shape index (κ1) is 13.3. The summed E-state index contributed by atoms with van der Waals surface area (Å²) in [5.41, 5.74) is 1.71. The average molecular weight is 335 g/mol. The van der Waals surface area contributed by atoms with Crippen LogP contribution in [0.2, 0.25) is 0 Å². The Hall–Kier alpha value is -1.69. The zero-order chi connectivity index (χ0) is 14.1. The van der Waals surface area contributed by atoms with Gasteiger partial charge in [0.1, 0.15) is 11.6 Å². The summed E-state index contributed by atoms with van der Waals surface area (Å²) in [6, 6.07) is 3.54. The molecular formula is C14H15BrN4O. The minimum Gasteiger partial charge on any atom is -0.365 e. The van der Waals surface area contributed by atoms with Crippen LogP contribution in [-0.2, 0) is 6.54 Å². The SMILES string of the molecule is Cc1cc(CNc2nc(C3CC3)ncc2Br)cc(=O)[nH]1. The molecule has 0 amide bonds. The van der Waals surface area contributed by atoms with Crippen molar-refractivity contribution in [2.75, 3.05) is 5.32 Å². The fourth-order valence-electron chi connectivity index (χ4n) is 2.09. The lowest BCUT2D eigenvalue weighted by molar-refractivity contribution is 0.914. The fourth-order valence-corrected chi connectivity index (χ4v) is 2.42. The van der Waals surface area contributed by atoms with Gasteiger partial charge in [-0.25, -0.2) is 9.97 Å². The summed E-state index contributed by atoms with van der Waals surface area (Å²) in [4.78, 5) is 23.0. The molecule has 0 spiro atoms. The smallest absolute Gasteiger partial charge is 0.248 e. The van der Waals surface area contributed by atoms with E-state index in [1.54, 1.807) is 12.3 Å². The van der Waals surface area contributed by atoms with Crippen molar-refractivity contribution >= 4 is 21.7 Å². The number of halogens is 1. The van der Waals surface area contributed by atoms with Gasteiger partial charge < -0.3 is 10.3 Å². The van der Waals surface area contributed by atoms with Crippen LogP contribution in [0.3, 0.4) is 0 Å². The van der Waals surface area contributed by atoms with Crippen molar-refractivity contribution in [2.45, 2.75) is 32.2 Å². The number of H-pyrrole nitrogens is 1. The van der Waals surface area contributed by atoms with Crippen LogP contribution in [0, 0.1) is 6.92 Å². The summed E-state index contributed by atoms with van der Waals surface area (Å²) in [5, 5.41) is 3.26. The van der Waals surface area contributed by atoms with E-state index >= 15 is 0 Å². The molecule has 0 unspecified atom stereocenters. The largest absolute Gasteiger partial charge is 0.365 e. The first-order chi connectivity index (χ1) is 9.61. The molecule has 20 heavy (non-hydrogen) atoms. The van der Waals surface area contributed by atoms with E-state index in [1.807, 2.05) is 13.0 Å². The highest BCUT2D eigenvalue weighted by atomic mass is 79.9. The van der Waals surface area contributed by atoms with Crippen molar-refractivity contribution in [3.63, 3.8) is 0 Å². The van der Waals surface area contributed by atoms with Gasteiger partial charge in [-0.2, -0.15) is 0 Å². The fraction of sp³-hybridized carbons (Fsp3) is 0.357. The number of hydrogen-bond donors (Lipinski definition) is 2. The molecule has 1 saturated carbocycles. The number of aryl methyl sites for hydroxylation is 1. The second-order valence-electron chi connectivity index (χ2n) is 5.09. The van der Waals surface area contributed by atoms with Crippen LogP contribution in [0.25, 0.3) is 0 Å². The van der Waals surface area contributed by atoms with Crippen LogP contribution >= 0.6 is 15.9 Å². The number of aromatic amines is 1. The van der Waals surface area contributed by atoms with E-state index in [2.05, 4.69) is 36.2 Å². The Kier molecular flexibility index (Phi) is 3.56. The van der Waals surface area contributed by atoms with Crippen molar-refractivity contribution in [1.82, 2.24) is 15.0 Å². The van der Waals surface area contributed by atoms with Gasteiger partial charge in [0.05, 0.1) is 4.47 Å². The summed E-state index contributed by atoms with van der Waals surface area (Å²) >= 11 is 3.45. The molecule has 2 heterocycles. The van der Waals surface area contributed by atoms with E-state index in [0.717, 1.165) is 27.4 Å². The van der Waals surface area contributed by atoms with E-state index in [4.69, 9.17) is 0 Å². The molecule has 0 radical (unpaired) electrons. The van der Waals surface area contributed by atoms with Gasteiger partial charge in [0.2, 0.25) is 5.56 Å². The monoisotopic (exact) mass is 334 g/mol. The van der Waals surface area contributed by atoms with Crippen LogP contribution < -0.4 is 10.9 Å². The molecule has 104 valence electrons. The molecule has 1 aliphatic rings. The third-order valence-corrected chi connectivity index (χ3v) is 3.78. The minimum atomic E-state index is -0.0813. The molecule has 1 fully saturated rings. The Bertz CT molecular complexity index is 694. The van der Waals surface area contributed by atoms with Gasteiger partial charge in [0, 0.05) is 30.4 Å². The van der Waals surface area contributed by atoms with Crippen LogP contribution in [0.4, 0.5) is 5.82 Å². The number of aromatic nitrogens is 3. The number of nitrogens with zero attached hydrogens (tertiary/aromatic N) is 2. The lowest BCUT2D eigenvalue weighted by atomic mass is 10.2. The molecule has 6 heteroatoms. The number of rotatable bonds is 4. The van der Waals surface area contributed by atoms with Gasteiger partial charge in [0.15, 0.2) is 0 Å². The van der Waals surface area contributed by atoms with E-state index in [1.165, 1.54) is 12.8 Å². The molecule has 0 bridgehead atoms. The third kappa shape index (κ3) is 3.07. The standard InChI is InChI=1S/C14H15BrN4O/c1-8-4-9(5-12(20)18-8)6-16-14-11(15)7-17-13(19-14)10-2-3-10/h4-5,7,10H,2-3,6H2,1H3,(H,18,20)(H,16,17,19). The summed E-state index contributed by atoms with van der Waals surface area (Å²) in [5.74, 6) is 2.20. The first-order valence-corrected chi connectivity index (χ1v) is 7.37. The van der Waals surface area contributed by atoms with Gasteiger partial charge in [-0.3, -0.25) is 4.79 Å². The minimum absolute atomic E-state index is 0.0813. The molecule has 0 aromatic carbocycles. The molecule has 0 atom stereocenters. The van der Waals surface area contributed by atoms with E-state index < -0.39 is 0 Å². The van der Waals surface area contributed by atoms with Crippen molar-refractivity contribution in [1.29, 1.82) is 0 Å². The molecule has 5 nitrogen and oxygen atoms in total. The highest BCUT2D eigenvalue weighted by molar-refractivity contribution is 9.10. The maximum atomic E-state index is 11.4. The second-order valence-corrected chi connectivity index (χ2v) is 5.94. The van der Waals surface area contributed by atoms with E-state index in [0.29, 0.717) is 12.5 Å². The molecule has 0 aliphatic heterocycles. The maximum Gasteiger partial charge on any atom is 0.248 e. The molecule has 2 N–H and O–H groups in total. The lowest BCUT2D eigenvalue weighted by Gasteiger charge is -2.09. The predicted octanol–water partition coefficient (Wildman–Crippen LogP) is 2.73. The summed E-state index contributed by atoms with van der Waals surface area (Å²) in [6.07, 6.45) is 4.13. The topological polar surface area (TPSA) is 70.7 Å². The molecule has 0 saturated heterocycles. The van der Waals surface area contributed by atoms with Crippen molar-refractivity contribution < 1.29 is 0 Å². The van der Waals surface area contributed by atoms with Crippen LogP contribution in [0.5, 0.6) is 0 Å². The predicted molar refractivity (Wildman–Crippen MR) is 80.8 cm³/mol. The average Bonchev–Trinajstić information content (AvgIpc) is 3.21. The van der Waals surface area contributed by atoms with Gasteiger partial charge >= 0.3 is 0 Å².